The Hall–Kier alpha value is -2.50. The van der Waals surface area contributed by atoms with Gasteiger partial charge in [0.25, 0.3) is 0 Å². The van der Waals surface area contributed by atoms with Gasteiger partial charge in [-0.15, -0.1) is 0 Å². The zero-order chi connectivity index (χ0) is 14.7. The first-order valence-electron chi connectivity index (χ1n) is 5.75. The second-order valence-electron chi connectivity index (χ2n) is 4.19. The van der Waals surface area contributed by atoms with Crippen LogP contribution in [0.2, 0.25) is 0 Å². The third-order valence-corrected chi connectivity index (χ3v) is 2.55. The summed E-state index contributed by atoms with van der Waals surface area (Å²) in [5, 5.41) is 4.33. The molecule has 2 aromatic rings. The molecule has 20 heavy (non-hydrogen) atoms. The number of nitrogens with one attached hydrogen (secondary N) is 2. The molecular weight excluding hydrogens is 269 g/mol. The van der Waals surface area contributed by atoms with Gasteiger partial charge in [0.05, 0.1) is 11.4 Å². The van der Waals surface area contributed by atoms with E-state index in [2.05, 4.69) is 10.6 Å². The van der Waals surface area contributed by atoms with Crippen molar-refractivity contribution < 1.29 is 18.0 Å². The van der Waals surface area contributed by atoms with Gasteiger partial charge in [-0.3, -0.25) is 0 Å². The van der Waals surface area contributed by atoms with E-state index in [1.165, 1.54) is 12.1 Å². The van der Waals surface area contributed by atoms with E-state index in [1.54, 1.807) is 13.0 Å². The van der Waals surface area contributed by atoms with E-state index >= 15 is 0 Å². The summed E-state index contributed by atoms with van der Waals surface area (Å²) >= 11 is 0. The molecule has 0 heterocycles. The number of rotatable bonds is 2. The van der Waals surface area contributed by atoms with Crippen molar-refractivity contribution in [3.05, 3.63) is 59.4 Å². The quantitative estimate of drug-likeness (QED) is 0.855. The van der Waals surface area contributed by atoms with Crippen molar-refractivity contribution in [2.45, 2.75) is 6.92 Å². The van der Waals surface area contributed by atoms with Gasteiger partial charge in [0.1, 0.15) is 17.5 Å². The summed E-state index contributed by atoms with van der Waals surface area (Å²) in [4.78, 5) is 11.6. The first kappa shape index (κ1) is 13.9. The highest BCUT2D eigenvalue weighted by atomic mass is 19.1. The number of amides is 2. The lowest BCUT2D eigenvalue weighted by molar-refractivity contribution is 0.262. The Labute approximate surface area is 113 Å². The van der Waals surface area contributed by atoms with Crippen molar-refractivity contribution in [1.29, 1.82) is 0 Å². The van der Waals surface area contributed by atoms with Crippen molar-refractivity contribution in [1.82, 2.24) is 0 Å². The Morgan fingerprint density at radius 2 is 1.60 bits per heavy atom. The average Bonchev–Trinajstić information content (AvgIpc) is 2.37. The van der Waals surface area contributed by atoms with Crippen LogP contribution in [0.3, 0.4) is 0 Å². The van der Waals surface area contributed by atoms with Crippen LogP contribution in [0.15, 0.2) is 36.4 Å². The molecule has 0 aliphatic heterocycles. The Kier molecular flexibility index (Phi) is 3.93. The number of carbonyl (C=O) groups excluding carboxylic acids is 1. The number of hydrogen-bond donors (Lipinski definition) is 2. The summed E-state index contributed by atoms with van der Waals surface area (Å²) in [5.41, 5.74) is 0.324. The predicted octanol–water partition coefficient (Wildman–Crippen LogP) is 4.06. The van der Waals surface area contributed by atoms with Gasteiger partial charge in [-0.2, -0.15) is 0 Å². The van der Waals surface area contributed by atoms with Crippen molar-refractivity contribution in [2.75, 3.05) is 10.6 Å². The van der Waals surface area contributed by atoms with Gasteiger partial charge in [0.15, 0.2) is 0 Å². The van der Waals surface area contributed by atoms with Crippen LogP contribution < -0.4 is 10.6 Å². The second kappa shape index (κ2) is 5.64. The molecular formula is C14H11F3N2O. The molecule has 0 radical (unpaired) electrons. The first-order chi connectivity index (χ1) is 9.45. The molecule has 2 N–H and O–H groups in total. The van der Waals surface area contributed by atoms with E-state index in [0.29, 0.717) is 5.56 Å². The van der Waals surface area contributed by atoms with E-state index in [4.69, 9.17) is 0 Å². The number of halogens is 3. The van der Waals surface area contributed by atoms with Crippen LogP contribution in [0, 0.1) is 24.4 Å². The molecule has 0 spiro atoms. The van der Waals surface area contributed by atoms with E-state index in [1.807, 2.05) is 0 Å². The number of carbonyl (C=O) groups is 1. The minimum Gasteiger partial charge on any atom is -0.305 e. The average molecular weight is 280 g/mol. The third kappa shape index (κ3) is 3.28. The molecule has 0 unspecified atom stereocenters. The van der Waals surface area contributed by atoms with Gasteiger partial charge in [0, 0.05) is 6.07 Å². The normalized spacial score (nSPS) is 10.2. The number of aryl methyl sites for hydroxylation is 1. The van der Waals surface area contributed by atoms with Crippen LogP contribution >= 0.6 is 0 Å². The Bertz CT molecular complexity index is 659. The maximum Gasteiger partial charge on any atom is 0.323 e. The van der Waals surface area contributed by atoms with Gasteiger partial charge in [-0.05, 0) is 36.8 Å². The summed E-state index contributed by atoms with van der Waals surface area (Å²) in [6, 6.07) is 6.03. The molecule has 0 aliphatic carbocycles. The maximum atomic E-state index is 13.5. The fourth-order valence-corrected chi connectivity index (χ4v) is 1.59. The predicted molar refractivity (Wildman–Crippen MR) is 70.1 cm³/mol. The summed E-state index contributed by atoms with van der Waals surface area (Å²) in [6.07, 6.45) is 0. The molecule has 0 saturated carbocycles. The molecule has 2 amide bonds. The highest BCUT2D eigenvalue weighted by molar-refractivity contribution is 5.99. The molecule has 0 fully saturated rings. The molecule has 2 rings (SSSR count). The van der Waals surface area contributed by atoms with Gasteiger partial charge in [0.2, 0.25) is 0 Å². The summed E-state index contributed by atoms with van der Waals surface area (Å²) in [7, 11) is 0. The van der Waals surface area contributed by atoms with Gasteiger partial charge >= 0.3 is 6.03 Å². The van der Waals surface area contributed by atoms with E-state index in [0.717, 1.165) is 18.2 Å². The van der Waals surface area contributed by atoms with Crippen molar-refractivity contribution >= 4 is 17.4 Å². The number of benzene rings is 2. The topological polar surface area (TPSA) is 41.1 Å². The third-order valence-electron chi connectivity index (χ3n) is 2.55. The molecule has 3 nitrogen and oxygen atoms in total. The number of anilines is 2. The van der Waals surface area contributed by atoms with Crippen LogP contribution in [0.4, 0.5) is 29.3 Å². The molecule has 104 valence electrons. The van der Waals surface area contributed by atoms with E-state index in [-0.39, 0.29) is 11.4 Å². The highest BCUT2D eigenvalue weighted by Gasteiger charge is 2.10. The fourth-order valence-electron chi connectivity index (χ4n) is 1.59. The molecule has 2 aromatic carbocycles. The molecule has 0 aromatic heterocycles. The largest absolute Gasteiger partial charge is 0.323 e. The van der Waals surface area contributed by atoms with Crippen molar-refractivity contribution in [2.24, 2.45) is 0 Å². The molecule has 0 aliphatic rings. The molecule has 0 atom stereocenters. The van der Waals surface area contributed by atoms with Crippen LogP contribution in [-0.2, 0) is 0 Å². The first-order valence-corrected chi connectivity index (χ1v) is 5.75. The molecule has 6 heteroatoms. The van der Waals surface area contributed by atoms with Crippen LogP contribution in [0.1, 0.15) is 5.56 Å². The number of urea groups is 1. The van der Waals surface area contributed by atoms with Gasteiger partial charge in [-0.1, -0.05) is 6.07 Å². The lowest BCUT2D eigenvalue weighted by Gasteiger charge is -2.09. The van der Waals surface area contributed by atoms with Crippen molar-refractivity contribution in [3.8, 4) is 0 Å². The maximum absolute atomic E-state index is 13.5. The van der Waals surface area contributed by atoms with Crippen LogP contribution in [0.5, 0.6) is 0 Å². The minimum absolute atomic E-state index is 0.0510. The lowest BCUT2D eigenvalue weighted by atomic mass is 10.2. The SMILES string of the molecule is Cc1ccc(NC(=O)Nc2cc(F)ccc2F)c(F)c1. The van der Waals surface area contributed by atoms with Crippen molar-refractivity contribution in [3.63, 3.8) is 0 Å². The Balaban J connectivity index is 2.11. The second-order valence-corrected chi connectivity index (χ2v) is 4.19. The van der Waals surface area contributed by atoms with Gasteiger partial charge < -0.3 is 10.6 Å². The molecule has 0 bridgehead atoms. The molecule has 0 saturated heterocycles. The lowest BCUT2D eigenvalue weighted by Crippen LogP contribution is -2.21. The highest BCUT2D eigenvalue weighted by Crippen LogP contribution is 2.18. The summed E-state index contributed by atoms with van der Waals surface area (Å²) in [6.45, 7) is 1.70. The number of hydrogen-bond acceptors (Lipinski definition) is 1. The van der Waals surface area contributed by atoms with Gasteiger partial charge in [-0.25, -0.2) is 18.0 Å². The van der Waals surface area contributed by atoms with E-state index in [9.17, 15) is 18.0 Å². The summed E-state index contributed by atoms with van der Waals surface area (Å²) in [5.74, 6) is -2.09. The minimum atomic E-state index is -0.864. The Morgan fingerprint density at radius 3 is 2.30 bits per heavy atom. The fraction of sp³-hybridized carbons (Fsp3) is 0.0714. The van der Waals surface area contributed by atoms with Crippen LogP contribution in [-0.4, -0.2) is 6.03 Å². The zero-order valence-corrected chi connectivity index (χ0v) is 10.5. The zero-order valence-electron chi connectivity index (χ0n) is 10.5. The standard InChI is InChI=1S/C14H11F3N2O/c1-8-2-5-12(11(17)6-8)18-14(20)19-13-7-9(15)3-4-10(13)16/h2-7H,1H3,(H2,18,19,20). The Morgan fingerprint density at radius 1 is 0.900 bits per heavy atom. The smallest absolute Gasteiger partial charge is 0.305 e. The van der Waals surface area contributed by atoms with E-state index < -0.39 is 23.5 Å². The van der Waals surface area contributed by atoms with Crippen LogP contribution in [0.25, 0.3) is 0 Å². The monoisotopic (exact) mass is 280 g/mol. The summed E-state index contributed by atoms with van der Waals surface area (Å²) < 4.78 is 39.8.